The van der Waals surface area contributed by atoms with Crippen LogP contribution >= 0.6 is 11.6 Å². The minimum Gasteiger partial charge on any atom is -0.354 e. The first-order valence-electron chi connectivity index (χ1n) is 8.53. The molecule has 0 fully saturated rings. The van der Waals surface area contributed by atoms with Crippen LogP contribution in [0.2, 0.25) is 5.02 Å². The molecular weight excluding hydrogens is 356 g/mol. The van der Waals surface area contributed by atoms with Crippen molar-refractivity contribution in [2.45, 2.75) is 33.2 Å². The number of carbonyl (C=O) groups is 2. The summed E-state index contributed by atoms with van der Waals surface area (Å²) in [6.07, 6.45) is 0.514. The van der Waals surface area contributed by atoms with E-state index < -0.39 is 6.04 Å². The molecule has 9 heteroatoms. The fourth-order valence-electron chi connectivity index (χ4n) is 2.22. The predicted octanol–water partition coefficient (Wildman–Crippen LogP) is 1.83. The number of aromatic nitrogens is 4. The molecule has 0 aliphatic heterocycles. The van der Waals surface area contributed by atoms with Gasteiger partial charge in [-0.2, -0.15) is 4.80 Å². The summed E-state index contributed by atoms with van der Waals surface area (Å²) in [6.45, 7) is 6.22. The number of halogens is 1. The maximum absolute atomic E-state index is 12.4. The molecule has 0 radical (unpaired) electrons. The number of hydrogen-bond acceptors (Lipinski definition) is 5. The van der Waals surface area contributed by atoms with Crippen LogP contribution in [0.15, 0.2) is 24.3 Å². The molecule has 1 aromatic carbocycles. The van der Waals surface area contributed by atoms with Crippen LogP contribution in [0.3, 0.4) is 0 Å². The van der Waals surface area contributed by atoms with Gasteiger partial charge in [-0.3, -0.25) is 9.59 Å². The number of nitrogens with one attached hydrogen (secondary N) is 2. The van der Waals surface area contributed by atoms with Gasteiger partial charge in [-0.1, -0.05) is 32.4 Å². The Bertz CT molecular complexity index is 744. The number of tetrazole rings is 1. The summed E-state index contributed by atoms with van der Waals surface area (Å²) in [5.74, 6) is 0.0834. The van der Waals surface area contributed by atoms with Gasteiger partial charge in [-0.05, 0) is 35.9 Å². The molecule has 0 spiro atoms. The van der Waals surface area contributed by atoms with Gasteiger partial charge in [-0.15, -0.1) is 10.2 Å². The van der Waals surface area contributed by atoms with Crippen molar-refractivity contribution in [3.8, 4) is 11.4 Å². The summed E-state index contributed by atoms with van der Waals surface area (Å²) in [6, 6.07) is 6.51. The third-order valence-corrected chi connectivity index (χ3v) is 4.00. The number of hydrogen-bond donors (Lipinski definition) is 2. The maximum Gasteiger partial charge on any atom is 0.246 e. The lowest BCUT2D eigenvalue weighted by Crippen LogP contribution is -2.39. The summed E-state index contributed by atoms with van der Waals surface area (Å²) in [5, 5.41) is 18.5. The zero-order chi connectivity index (χ0) is 19.1. The van der Waals surface area contributed by atoms with E-state index in [1.165, 1.54) is 4.80 Å². The fourth-order valence-corrected chi connectivity index (χ4v) is 2.34. The van der Waals surface area contributed by atoms with Crippen LogP contribution in [0.25, 0.3) is 11.4 Å². The highest BCUT2D eigenvalue weighted by atomic mass is 35.5. The number of rotatable bonds is 8. The molecule has 140 valence electrons. The highest BCUT2D eigenvalue weighted by molar-refractivity contribution is 6.30. The van der Waals surface area contributed by atoms with Crippen LogP contribution in [0, 0.1) is 5.92 Å². The van der Waals surface area contributed by atoms with Crippen LogP contribution in [-0.4, -0.2) is 45.1 Å². The molecule has 1 unspecified atom stereocenters. The van der Waals surface area contributed by atoms with Gasteiger partial charge in [0.15, 0.2) is 6.04 Å². The summed E-state index contributed by atoms with van der Waals surface area (Å²) in [4.78, 5) is 25.2. The van der Waals surface area contributed by atoms with Gasteiger partial charge in [0, 0.05) is 29.6 Å². The molecule has 1 atom stereocenters. The average molecular weight is 379 g/mol. The highest BCUT2D eigenvalue weighted by Crippen LogP contribution is 2.18. The minimum absolute atomic E-state index is 0.0446. The molecular formula is C17H23ClN6O2. The van der Waals surface area contributed by atoms with Crippen LogP contribution in [0.1, 0.15) is 33.2 Å². The van der Waals surface area contributed by atoms with Crippen molar-refractivity contribution < 1.29 is 9.59 Å². The Morgan fingerprint density at radius 2 is 1.73 bits per heavy atom. The van der Waals surface area contributed by atoms with E-state index in [4.69, 9.17) is 11.6 Å². The maximum atomic E-state index is 12.4. The van der Waals surface area contributed by atoms with Crippen molar-refractivity contribution in [2.24, 2.45) is 5.92 Å². The molecule has 2 amide bonds. The van der Waals surface area contributed by atoms with Crippen LogP contribution in [0.4, 0.5) is 0 Å². The molecule has 1 aromatic heterocycles. The lowest BCUT2D eigenvalue weighted by Gasteiger charge is -2.14. The molecule has 0 aliphatic rings. The lowest BCUT2D eigenvalue weighted by atomic mass is 10.2. The van der Waals surface area contributed by atoms with Gasteiger partial charge in [0.2, 0.25) is 17.6 Å². The van der Waals surface area contributed by atoms with Crippen LogP contribution in [0.5, 0.6) is 0 Å². The number of benzene rings is 1. The third kappa shape index (κ3) is 5.26. The Balaban J connectivity index is 1.94. The summed E-state index contributed by atoms with van der Waals surface area (Å²) >= 11 is 5.88. The van der Waals surface area contributed by atoms with E-state index in [1.54, 1.807) is 24.3 Å². The standard InChI is InChI=1S/C17H23ClN6O2/c1-4-14(17(26)20-10-9-19-16(25)11(2)3)24-22-15(21-23-24)12-5-7-13(18)8-6-12/h5-8,11,14H,4,9-10H2,1-3H3,(H,19,25)(H,20,26). The molecule has 0 saturated heterocycles. The Labute approximate surface area is 157 Å². The first-order chi connectivity index (χ1) is 12.4. The molecule has 2 N–H and O–H groups in total. The summed E-state index contributed by atoms with van der Waals surface area (Å²) < 4.78 is 0. The second-order valence-electron chi connectivity index (χ2n) is 6.10. The molecule has 1 heterocycles. The Kier molecular flexibility index (Phi) is 7.08. The van der Waals surface area contributed by atoms with Crippen molar-refractivity contribution in [2.75, 3.05) is 13.1 Å². The van der Waals surface area contributed by atoms with Crippen molar-refractivity contribution >= 4 is 23.4 Å². The topological polar surface area (TPSA) is 102 Å². The normalized spacial score (nSPS) is 12.0. The lowest BCUT2D eigenvalue weighted by molar-refractivity contribution is -0.126. The van der Waals surface area contributed by atoms with Gasteiger partial charge in [0.05, 0.1) is 0 Å². The average Bonchev–Trinajstić information content (AvgIpc) is 3.09. The van der Waals surface area contributed by atoms with Gasteiger partial charge in [0.1, 0.15) is 0 Å². The van der Waals surface area contributed by atoms with E-state index in [1.807, 2.05) is 20.8 Å². The van der Waals surface area contributed by atoms with E-state index in [2.05, 4.69) is 26.0 Å². The SMILES string of the molecule is CCC(C(=O)NCCNC(=O)C(C)C)n1nnc(-c2ccc(Cl)cc2)n1. The van der Waals surface area contributed by atoms with Crippen molar-refractivity contribution in [1.82, 2.24) is 30.8 Å². The third-order valence-electron chi connectivity index (χ3n) is 3.75. The van der Waals surface area contributed by atoms with E-state index in [0.29, 0.717) is 30.4 Å². The largest absolute Gasteiger partial charge is 0.354 e. The zero-order valence-electron chi connectivity index (χ0n) is 15.1. The van der Waals surface area contributed by atoms with Crippen molar-refractivity contribution in [3.05, 3.63) is 29.3 Å². The second-order valence-corrected chi connectivity index (χ2v) is 6.54. The first kappa shape index (κ1) is 19.8. The quantitative estimate of drug-likeness (QED) is 0.682. The first-order valence-corrected chi connectivity index (χ1v) is 8.91. The van der Waals surface area contributed by atoms with E-state index in [-0.39, 0.29) is 17.7 Å². The smallest absolute Gasteiger partial charge is 0.246 e. The monoisotopic (exact) mass is 378 g/mol. The Morgan fingerprint density at radius 1 is 1.12 bits per heavy atom. The molecule has 0 saturated carbocycles. The zero-order valence-corrected chi connectivity index (χ0v) is 15.8. The highest BCUT2D eigenvalue weighted by Gasteiger charge is 2.21. The van der Waals surface area contributed by atoms with Crippen LogP contribution in [-0.2, 0) is 9.59 Å². The summed E-state index contributed by atoms with van der Waals surface area (Å²) in [7, 11) is 0. The van der Waals surface area contributed by atoms with E-state index >= 15 is 0 Å². The van der Waals surface area contributed by atoms with Crippen molar-refractivity contribution in [1.29, 1.82) is 0 Å². The molecule has 8 nitrogen and oxygen atoms in total. The van der Waals surface area contributed by atoms with Gasteiger partial charge < -0.3 is 10.6 Å². The molecule has 2 rings (SSSR count). The Hall–Kier alpha value is -2.48. The molecule has 0 aliphatic carbocycles. The van der Waals surface area contributed by atoms with Gasteiger partial charge in [0.25, 0.3) is 0 Å². The predicted molar refractivity (Wildman–Crippen MR) is 98.4 cm³/mol. The fraction of sp³-hybridized carbons (Fsp3) is 0.471. The number of carbonyl (C=O) groups excluding carboxylic acids is 2. The molecule has 2 aromatic rings. The molecule has 26 heavy (non-hydrogen) atoms. The van der Waals surface area contributed by atoms with Crippen LogP contribution < -0.4 is 10.6 Å². The van der Waals surface area contributed by atoms with Crippen molar-refractivity contribution in [3.63, 3.8) is 0 Å². The van der Waals surface area contributed by atoms with Gasteiger partial charge >= 0.3 is 0 Å². The van der Waals surface area contributed by atoms with E-state index in [0.717, 1.165) is 5.56 Å². The second kappa shape index (κ2) is 9.28. The minimum atomic E-state index is -0.565. The summed E-state index contributed by atoms with van der Waals surface area (Å²) in [5.41, 5.74) is 0.771. The van der Waals surface area contributed by atoms with E-state index in [9.17, 15) is 9.59 Å². The number of nitrogens with zero attached hydrogens (tertiary/aromatic N) is 4. The Morgan fingerprint density at radius 3 is 2.31 bits per heavy atom. The number of amides is 2. The van der Waals surface area contributed by atoms with Gasteiger partial charge in [-0.25, -0.2) is 0 Å². The molecule has 0 bridgehead atoms.